The number of hydrogen-bond donors (Lipinski definition) is 2. The summed E-state index contributed by atoms with van der Waals surface area (Å²) in [6, 6.07) is 16.7. The molecule has 3 N–H and O–H groups in total. The van der Waals surface area contributed by atoms with Crippen molar-refractivity contribution in [2.45, 2.75) is 31.2 Å². The van der Waals surface area contributed by atoms with Gasteiger partial charge >= 0.3 is 0 Å². The van der Waals surface area contributed by atoms with Gasteiger partial charge in [0.15, 0.2) is 0 Å². The van der Waals surface area contributed by atoms with Crippen molar-refractivity contribution in [1.82, 2.24) is 5.43 Å². The highest BCUT2D eigenvalue weighted by atomic mass is 35.5. The second-order valence-electron chi connectivity index (χ2n) is 5.36. The molecule has 3 heteroatoms. The Morgan fingerprint density at radius 1 is 1.10 bits per heavy atom. The van der Waals surface area contributed by atoms with E-state index in [0.29, 0.717) is 5.92 Å². The van der Waals surface area contributed by atoms with Crippen molar-refractivity contribution < 1.29 is 0 Å². The minimum Gasteiger partial charge on any atom is -0.271 e. The number of hydrazine groups is 1. The van der Waals surface area contributed by atoms with Gasteiger partial charge in [0.25, 0.3) is 0 Å². The van der Waals surface area contributed by atoms with Crippen molar-refractivity contribution in [3.8, 4) is 0 Å². The molecule has 1 aliphatic rings. The van der Waals surface area contributed by atoms with Gasteiger partial charge in [0.2, 0.25) is 0 Å². The quantitative estimate of drug-likeness (QED) is 0.662. The Morgan fingerprint density at radius 2 is 1.85 bits per heavy atom. The van der Waals surface area contributed by atoms with Gasteiger partial charge in [-0.05, 0) is 42.0 Å². The SMILES string of the molecule is NNC(c1ccccc1Cl)C1CCCc2ccccc21. The largest absolute Gasteiger partial charge is 0.271 e. The lowest BCUT2D eigenvalue weighted by Gasteiger charge is -2.32. The zero-order valence-corrected chi connectivity index (χ0v) is 12.1. The Morgan fingerprint density at radius 3 is 2.65 bits per heavy atom. The lowest BCUT2D eigenvalue weighted by molar-refractivity contribution is 0.408. The first-order valence-electron chi connectivity index (χ1n) is 7.09. The average molecular weight is 287 g/mol. The maximum absolute atomic E-state index is 6.35. The molecule has 20 heavy (non-hydrogen) atoms. The summed E-state index contributed by atoms with van der Waals surface area (Å²) in [5.41, 5.74) is 6.91. The van der Waals surface area contributed by atoms with Crippen LogP contribution in [0.3, 0.4) is 0 Å². The monoisotopic (exact) mass is 286 g/mol. The second kappa shape index (κ2) is 5.96. The molecule has 0 radical (unpaired) electrons. The van der Waals surface area contributed by atoms with E-state index in [2.05, 4.69) is 35.8 Å². The Balaban J connectivity index is 2.01. The molecule has 2 atom stereocenters. The van der Waals surface area contributed by atoms with E-state index in [0.717, 1.165) is 23.4 Å². The highest BCUT2D eigenvalue weighted by molar-refractivity contribution is 6.31. The van der Waals surface area contributed by atoms with Gasteiger partial charge in [-0.25, -0.2) is 0 Å². The molecule has 2 unspecified atom stereocenters. The Bertz CT molecular complexity index is 597. The van der Waals surface area contributed by atoms with Crippen molar-refractivity contribution >= 4 is 11.6 Å². The molecule has 0 saturated carbocycles. The molecule has 104 valence electrons. The van der Waals surface area contributed by atoms with Gasteiger partial charge in [0.05, 0.1) is 6.04 Å². The van der Waals surface area contributed by atoms with Gasteiger partial charge in [-0.15, -0.1) is 0 Å². The summed E-state index contributed by atoms with van der Waals surface area (Å²) in [5.74, 6) is 6.23. The molecule has 2 nitrogen and oxygen atoms in total. The van der Waals surface area contributed by atoms with E-state index in [1.54, 1.807) is 0 Å². The van der Waals surface area contributed by atoms with Crippen molar-refractivity contribution in [1.29, 1.82) is 0 Å². The van der Waals surface area contributed by atoms with Crippen LogP contribution in [0.25, 0.3) is 0 Å². The third-order valence-electron chi connectivity index (χ3n) is 4.24. The first-order valence-corrected chi connectivity index (χ1v) is 7.47. The summed E-state index contributed by atoms with van der Waals surface area (Å²) in [6.45, 7) is 0. The molecule has 0 bridgehead atoms. The van der Waals surface area contributed by atoms with Gasteiger partial charge in [0.1, 0.15) is 0 Å². The van der Waals surface area contributed by atoms with E-state index in [-0.39, 0.29) is 6.04 Å². The molecule has 0 aliphatic heterocycles. The third-order valence-corrected chi connectivity index (χ3v) is 4.58. The lowest BCUT2D eigenvalue weighted by Crippen LogP contribution is -2.34. The number of fused-ring (bicyclic) bond motifs is 1. The first kappa shape index (κ1) is 13.6. The van der Waals surface area contributed by atoms with E-state index < -0.39 is 0 Å². The lowest BCUT2D eigenvalue weighted by atomic mass is 9.77. The normalized spacial score (nSPS) is 19.4. The second-order valence-corrected chi connectivity index (χ2v) is 5.77. The van der Waals surface area contributed by atoms with Gasteiger partial charge in [-0.3, -0.25) is 11.3 Å². The molecule has 0 aromatic heterocycles. The van der Waals surface area contributed by atoms with Crippen LogP contribution in [-0.2, 0) is 6.42 Å². The molecule has 3 rings (SSSR count). The van der Waals surface area contributed by atoms with E-state index in [9.17, 15) is 0 Å². The predicted octanol–water partition coefficient (Wildman–Crippen LogP) is 3.96. The number of hydrogen-bond acceptors (Lipinski definition) is 2. The van der Waals surface area contributed by atoms with Crippen LogP contribution in [0.2, 0.25) is 5.02 Å². The Kier molecular flexibility index (Phi) is 4.06. The molecular formula is C17H19ClN2. The topological polar surface area (TPSA) is 38.0 Å². The molecule has 2 aromatic rings. The van der Waals surface area contributed by atoms with Crippen LogP contribution >= 0.6 is 11.6 Å². The van der Waals surface area contributed by atoms with Gasteiger partial charge in [-0.2, -0.15) is 0 Å². The third kappa shape index (κ3) is 2.47. The fourth-order valence-corrected chi connectivity index (χ4v) is 3.54. The number of rotatable bonds is 3. The maximum Gasteiger partial charge on any atom is 0.0543 e. The maximum atomic E-state index is 6.35. The minimum absolute atomic E-state index is 0.0603. The fourth-order valence-electron chi connectivity index (χ4n) is 3.29. The van der Waals surface area contributed by atoms with Crippen LogP contribution < -0.4 is 11.3 Å². The Labute approximate surface area is 124 Å². The predicted molar refractivity (Wildman–Crippen MR) is 83.6 cm³/mol. The van der Waals surface area contributed by atoms with Crippen LogP contribution in [0.15, 0.2) is 48.5 Å². The fraction of sp³-hybridized carbons (Fsp3) is 0.294. The van der Waals surface area contributed by atoms with Crippen LogP contribution in [0.4, 0.5) is 0 Å². The summed E-state index contributed by atoms with van der Waals surface area (Å²) in [6.07, 6.45) is 3.49. The average Bonchev–Trinajstić information content (AvgIpc) is 2.50. The highest BCUT2D eigenvalue weighted by Gasteiger charge is 2.29. The van der Waals surface area contributed by atoms with Crippen molar-refractivity contribution in [3.63, 3.8) is 0 Å². The van der Waals surface area contributed by atoms with Gasteiger partial charge < -0.3 is 0 Å². The van der Waals surface area contributed by atoms with Crippen LogP contribution in [0.1, 0.15) is 41.5 Å². The summed E-state index contributed by atoms with van der Waals surface area (Å²) in [4.78, 5) is 0. The zero-order chi connectivity index (χ0) is 13.9. The van der Waals surface area contributed by atoms with E-state index in [1.807, 2.05) is 18.2 Å². The van der Waals surface area contributed by atoms with E-state index in [1.165, 1.54) is 17.5 Å². The molecule has 0 heterocycles. The van der Waals surface area contributed by atoms with Crippen molar-refractivity contribution in [2.75, 3.05) is 0 Å². The number of nitrogens with one attached hydrogen (secondary N) is 1. The summed E-state index contributed by atoms with van der Waals surface area (Å²) in [7, 11) is 0. The molecule has 0 saturated heterocycles. The molecule has 0 spiro atoms. The number of benzene rings is 2. The van der Waals surface area contributed by atoms with Gasteiger partial charge in [0, 0.05) is 10.9 Å². The molecule has 1 aliphatic carbocycles. The van der Waals surface area contributed by atoms with Crippen LogP contribution in [-0.4, -0.2) is 0 Å². The van der Waals surface area contributed by atoms with Crippen molar-refractivity contribution in [3.05, 3.63) is 70.2 Å². The smallest absolute Gasteiger partial charge is 0.0543 e. The summed E-state index contributed by atoms with van der Waals surface area (Å²) in [5, 5.41) is 0.776. The van der Waals surface area contributed by atoms with Gasteiger partial charge in [-0.1, -0.05) is 54.1 Å². The van der Waals surface area contributed by atoms with E-state index >= 15 is 0 Å². The zero-order valence-electron chi connectivity index (χ0n) is 11.4. The summed E-state index contributed by atoms with van der Waals surface area (Å²) >= 11 is 6.35. The molecule has 0 amide bonds. The van der Waals surface area contributed by atoms with Crippen molar-refractivity contribution in [2.24, 2.45) is 5.84 Å². The number of halogens is 1. The number of nitrogens with two attached hydrogens (primary N) is 1. The Hall–Kier alpha value is -1.35. The first-order chi connectivity index (χ1) is 9.81. The molecular weight excluding hydrogens is 268 g/mol. The molecule has 2 aromatic carbocycles. The number of aryl methyl sites for hydroxylation is 1. The standard InChI is InChI=1S/C17H19ClN2/c18-16-11-4-3-9-15(16)17(20-19)14-10-5-7-12-6-1-2-8-13(12)14/h1-4,6,8-9,11,14,17,20H,5,7,10,19H2. The minimum atomic E-state index is 0.0603. The van der Waals surface area contributed by atoms with Crippen LogP contribution in [0, 0.1) is 0 Å². The van der Waals surface area contributed by atoms with E-state index in [4.69, 9.17) is 17.4 Å². The summed E-state index contributed by atoms with van der Waals surface area (Å²) < 4.78 is 0. The highest BCUT2D eigenvalue weighted by Crippen LogP contribution is 2.41. The van der Waals surface area contributed by atoms with Crippen LogP contribution in [0.5, 0.6) is 0 Å². The molecule has 0 fully saturated rings.